The number of piperidine rings is 1. The Kier molecular flexibility index (Phi) is 3.79. The average Bonchev–Trinajstić information content (AvgIpc) is 2.44. The molecule has 2 saturated heterocycles. The van der Waals surface area contributed by atoms with Crippen molar-refractivity contribution in [2.75, 3.05) is 46.3 Å². The monoisotopic (exact) mass is 197 g/mol. The molecule has 2 aliphatic heterocycles. The molecule has 0 unspecified atom stereocenters. The Hall–Kier alpha value is -0.120. The Morgan fingerprint density at radius 1 is 1.00 bits per heavy atom. The average molecular weight is 197 g/mol. The van der Waals surface area contributed by atoms with Crippen molar-refractivity contribution in [3.63, 3.8) is 0 Å². The highest BCUT2D eigenvalue weighted by molar-refractivity contribution is 4.80. The number of hydrogen-bond donors (Lipinski definition) is 1. The number of likely N-dealkylation sites (N-methyl/N-ethyl adjacent to an activating group) is 1. The molecule has 0 spiro atoms. The van der Waals surface area contributed by atoms with Crippen LogP contribution in [0.1, 0.15) is 19.3 Å². The zero-order valence-corrected chi connectivity index (χ0v) is 9.34. The molecule has 0 bridgehead atoms. The second-order valence-electron chi connectivity index (χ2n) is 4.67. The van der Waals surface area contributed by atoms with E-state index in [0.717, 1.165) is 6.04 Å². The summed E-state index contributed by atoms with van der Waals surface area (Å²) in [6.07, 6.45) is 4.05. The van der Waals surface area contributed by atoms with Gasteiger partial charge in [0.1, 0.15) is 0 Å². The first-order valence-corrected chi connectivity index (χ1v) is 5.99. The van der Waals surface area contributed by atoms with Crippen molar-refractivity contribution >= 4 is 0 Å². The quantitative estimate of drug-likeness (QED) is 0.655. The van der Waals surface area contributed by atoms with Crippen LogP contribution in [0, 0.1) is 0 Å². The van der Waals surface area contributed by atoms with Crippen molar-refractivity contribution in [1.29, 1.82) is 0 Å². The molecule has 0 aromatic carbocycles. The Balaban J connectivity index is 1.83. The number of rotatable bonds is 1. The molecule has 14 heavy (non-hydrogen) atoms. The van der Waals surface area contributed by atoms with E-state index in [1.807, 2.05) is 0 Å². The fourth-order valence-electron chi connectivity index (χ4n) is 2.60. The number of hydrogen-bond acceptors (Lipinski definition) is 3. The van der Waals surface area contributed by atoms with Gasteiger partial charge in [-0.1, -0.05) is 0 Å². The lowest BCUT2D eigenvalue weighted by Crippen LogP contribution is -2.44. The van der Waals surface area contributed by atoms with Gasteiger partial charge >= 0.3 is 0 Å². The molecule has 0 atom stereocenters. The summed E-state index contributed by atoms with van der Waals surface area (Å²) in [4.78, 5) is 5.17. The Morgan fingerprint density at radius 2 is 1.79 bits per heavy atom. The highest BCUT2D eigenvalue weighted by Crippen LogP contribution is 2.13. The van der Waals surface area contributed by atoms with Crippen LogP contribution in [-0.4, -0.2) is 62.2 Å². The molecule has 0 aromatic rings. The first-order chi connectivity index (χ1) is 6.86. The lowest BCUT2D eigenvalue weighted by atomic mass is 10.0. The van der Waals surface area contributed by atoms with Crippen LogP contribution in [0.5, 0.6) is 0 Å². The molecule has 0 aliphatic carbocycles. The standard InChI is InChI=1S/C11H23N3/c1-13-7-2-8-14(10-9-13)11-3-5-12-6-4-11/h11-12H,2-10H2,1H3. The van der Waals surface area contributed by atoms with Crippen molar-refractivity contribution in [3.05, 3.63) is 0 Å². The molecule has 2 fully saturated rings. The molecular formula is C11H23N3. The lowest BCUT2D eigenvalue weighted by Gasteiger charge is -2.33. The first-order valence-electron chi connectivity index (χ1n) is 5.99. The van der Waals surface area contributed by atoms with Gasteiger partial charge in [0.25, 0.3) is 0 Å². The van der Waals surface area contributed by atoms with Gasteiger partial charge in [-0.25, -0.2) is 0 Å². The van der Waals surface area contributed by atoms with E-state index in [9.17, 15) is 0 Å². The molecule has 2 heterocycles. The maximum absolute atomic E-state index is 3.44. The first kappa shape index (κ1) is 10.4. The van der Waals surface area contributed by atoms with Crippen LogP contribution >= 0.6 is 0 Å². The third-order valence-electron chi connectivity index (χ3n) is 3.58. The zero-order valence-electron chi connectivity index (χ0n) is 9.34. The van der Waals surface area contributed by atoms with Crippen LogP contribution in [0.15, 0.2) is 0 Å². The Bertz CT molecular complexity index is 166. The van der Waals surface area contributed by atoms with Gasteiger partial charge in [-0.15, -0.1) is 0 Å². The Labute approximate surface area is 87.4 Å². The van der Waals surface area contributed by atoms with Crippen molar-refractivity contribution in [2.24, 2.45) is 0 Å². The highest BCUT2D eigenvalue weighted by atomic mass is 15.2. The van der Waals surface area contributed by atoms with Gasteiger partial charge in [-0.3, -0.25) is 4.90 Å². The van der Waals surface area contributed by atoms with Crippen molar-refractivity contribution in [1.82, 2.24) is 15.1 Å². The molecule has 3 nitrogen and oxygen atoms in total. The van der Waals surface area contributed by atoms with E-state index in [1.165, 1.54) is 58.5 Å². The lowest BCUT2D eigenvalue weighted by molar-refractivity contribution is 0.168. The van der Waals surface area contributed by atoms with E-state index in [0.29, 0.717) is 0 Å². The molecule has 82 valence electrons. The van der Waals surface area contributed by atoms with E-state index < -0.39 is 0 Å². The van der Waals surface area contributed by atoms with Crippen molar-refractivity contribution in [2.45, 2.75) is 25.3 Å². The summed E-state index contributed by atoms with van der Waals surface area (Å²) in [6.45, 7) is 7.57. The number of nitrogens with one attached hydrogen (secondary N) is 1. The molecule has 0 saturated carbocycles. The summed E-state index contributed by atoms with van der Waals surface area (Å²) in [6, 6.07) is 0.864. The van der Waals surface area contributed by atoms with Crippen LogP contribution in [0.4, 0.5) is 0 Å². The van der Waals surface area contributed by atoms with E-state index in [2.05, 4.69) is 22.2 Å². The third kappa shape index (κ3) is 2.69. The molecule has 1 N–H and O–H groups in total. The Morgan fingerprint density at radius 3 is 2.57 bits per heavy atom. The summed E-state index contributed by atoms with van der Waals surface area (Å²) >= 11 is 0. The largest absolute Gasteiger partial charge is 0.317 e. The SMILES string of the molecule is CN1CCCN(C2CCNCC2)CC1. The van der Waals surface area contributed by atoms with E-state index in [1.54, 1.807) is 0 Å². The van der Waals surface area contributed by atoms with Gasteiger partial charge in [0, 0.05) is 19.1 Å². The van der Waals surface area contributed by atoms with Crippen LogP contribution in [0.3, 0.4) is 0 Å². The molecule has 3 heteroatoms. The predicted molar refractivity (Wildman–Crippen MR) is 59.6 cm³/mol. The predicted octanol–water partition coefficient (Wildman–Crippen LogP) is 0.376. The summed E-state index contributed by atoms with van der Waals surface area (Å²) in [5, 5.41) is 3.44. The minimum absolute atomic E-state index is 0.864. The smallest absolute Gasteiger partial charge is 0.0120 e. The van der Waals surface area contributed by atoms with E-state index in [4.69, 9.17) is 0 Å². The molecule has 2 rings (SSSR count). The number of nitrogens with zero attached hydrogens (tertiary/aromatic N) is 2. The van der Waals surface area contributed by atoms with Crippen LogP contribution in [-0.2, 0) is 0 Å². The molecule has 0 aromatic heterocycles. The molecule has 2 aliphatic rings. The zero-order chi connectivity index (χ0) is 9.80. The summed E-state index contributed by atoms with van der Waals surface area (Å²) in [5.74, 6) is 0. The van der Waals surface area contributed by atoms with Crippen LogP contribution in [0.25, 0.3) is 0 Å². The summed E-state index contributed by atoms with van der Waals surface area (Å²) < 4.78 is 0. The molecule has 0 radical (unpaired) electrons. The van der Waals surface area contributed by atoms with Gasteiger partial charge in [-0.2, -0.15) is 0 Å². The minimum Gasteiger partial charge on any atom is -0.317 e. The second kappa shape index (κ2) is 5.10. The van der Waals surface area contributed by atoms with Gasteiger partial charge < -0.3 is 10.2 Å². The highest BCUT2D eigenvalue weighted by Gasteiger charge is 2.22. The molecular weight excluding hydrogens is 174 g/mol. The topological polar surface area (TPSA) is 18.5 Å². The van der Waals surface area contributed by atoms with E-state index >= 15 is 0 Å². The normalized spacial score (nSPS) is 28.9. The van der Waals surface area contributed by atoms with Crippen LogP contribution < -0.4 is 5.32 Å². The summed E-state index contributed by atoms with van der Waals surface area (Å²) in [7, 11) is 2.24. The fourth-order valence-corrected chi connectivity index (χ4v) is 2.60. The van der Waals surface area contributed by atoms with E-state index in [-0.39, 0.29) is 0 Å². The summed E-state index contributed by atoms with van der Waals surface area (Å²) in [5.41, 5.74) is 0. The molecule has 0 amide bonds. The third-order valence-corrected chi connectivity index (χ3v) is 3.58. The maximum Gasteiger partial charge on any atom is 0.0120 e. The van der Waals surface area contributed by atoms with Crippen LogP contribution in [0.2, 0.25) is 0 Å². The van der Waals surface area contributed by atoms with Gasteiger partial charge in [0.15, 0.2) is 0 Å². The van der Waals surface area contributed by atoms with Crippen molar-refractivity contribution < 1.29 is 0 Å². The van der Waals surface area contributed by atoms with Crippen molar-refractivity contribution in [3.8, 4) is 0 Å². The fraction of sp³-hybridized carbons (Fsp3) is 1.00. The second-order valence-corrected chi connectivity index (χ2v) is 4.67. The van der Waals surface area contributed by atoms with Gasteiger partial charge in [0.05, 0.1) is 0 Å². The van der Waals surface area contributed by atoms with Gasteiger partial charge in [-0.05, 0) is 52.5 Å². The maximum atomic E-state index is 3.44. The minimum atomic E-state index is 0.864. The van der Waals surface area contributed by atoms with Gasteiger partial charge in [0.2, 0.25) is 0 Å².